The van der Waals surface area contributed by atoms with E-state index >= 15 is 0 Å². The van der Waals surface area contributed by atoms with Crippen LogP contribution in [0.4, 0.5) is 0 Å². The van der Waals surface area contributed by atoms with Crippen LogP contribution >= 0.6 is 0 Å². The molecule has 1 amide bonds. The van der Waals surface area contributed by atoms with Crippen molar-refractivity contribution < 1.29 is 4.79 Å². The number of unbranched alkanes of at least 4 members (excludes halogenated alkanes) is 2. The number of rotatable bonds is 9. The van der Waals surface area contributed by atoms with Crippen LogP contribution in [-0.4, -0.2) is 35.6 Å². The zero-order valence-corrected chi connectivity index (χ0v) is 11.0. The molecule has 0 N–H and O–H groups in total. The van der Waals surface area contributed by atoms with Crippen LogP contribution in [0.15, 0.2) is 12.7 Å². The van der Waals surface area contributed by atoms with Crippen LogP contribution in [0.25, 0.3) is 0 Å². The number of nitrogens with zero attached hydrogens (tertiary/aromatic N) is 2. The molecular formula is C13H26N2O. The Morgan fingerprint density at radius 2 is 1.62 bits per heavy atom. The summed E-state index contributed by atoms with van der Waals surface area (Å²) in [5.41, 5.74) is 0. The van der Waals surface area contributed by atoms with Crippen LogP contribution in [0.1, 0.15) is 46.5 Å². The third kappa shape index (κ3) is 5.31. The van der Waals surface area contributed by atoms with Gasteiger partial charge in [0.2, 0.25) is 0 Å². The number of carbonyl (C=O) groups excluding carboxylic acids is 1. The first kappa shape index (κ1) is 15.2. The number of hydrazine groups is 1. The van der Waals surface area contributed by atoms with E-state index < -0.39 is 0 Å². The van der Waals surface area contributed by atoms with Crippen molar-refractivity contribution in [1.29, 1.82) is 0 Å². The molecule has 94 valence electrons. The molecule has 0 radical (unpaired) electrons. The molecule has 0 bridgehead atoms. The zero-order chi connectivity index (χ0) is 12.4. The monoisotopic (exact) mass is 226 g/mol. The molecule has 0 heterocycles. The van der Waals surface area contributed by atoms with E-state index in [-0.39, 0.29) is 5.91 Å². The maximum absolute atomic E-state index is 11.7. The van der Waals surface area contributed by atoms with E-state index in [4.69, 9.17) is 0 Å². The second-order valence-corrected chi connectivity index (χ2v) is 3.92. The van der Waals surface area contributed by atoms with Crippen LogP contribution in [0.2, 0.25) is 0 Å². The standard InChI is InChI=1S/C13H26N2O/c1-5-9-11-14(12-10-6-2)15(8-4)13(16)7-3/h7H,3,5-6,8-12H2,1-2,4H3. The molecule has 0 aromatic carbocycles. The summed E-state index contributed by atoms with van der Waals surface area (Å²) in [5.74, 6) is 0.00899. The van der Waals surface area contributed by atoms with Crippen LogP contribution in [0, 0.1) is 0 Å². The van der Waals surface area contributed by atoms with Crippen molar-refractivity contribution >= 4 is 5.91 Å². The molecule has 0 saturated carbocycles. The lowest BCUT2D eigenvalue weighted by molar-refractivity contribution is -0.143. The predicted molar refractivity (Wildman–Crippen MR) is 69.0 cm³/mol. The molecule has 0 aliphatic rings. The SMILES string of the molecule is C=CC(=O)N(CC)N(CCCC)CCCC. The Kier molecular flexibility index (Phi) is 8.91. The van der Waals surface area contributed by atoms with Gasteiger partial charge in [0.05, 0.1) is 0 Å². The van der Waals surface area contributed by atoms with E-state index in [2.05, 4.69) is 25.4 Å². The summed E-state index contributed by atoms with van der Waals surface area (Å²) in [5, 5.41) is 3.97. The van der Waals surface area contributed by atoms with Gasteiger partial charge in [0.1, 0.15) is 0 Å². The quantitative estimate of drug-likeness (QED) is 0.446. The van der Waals surface area contributed by atoms with Crippen molar-refractivity contribution in [2.45, 2.75) is 46.5 Å². The van der Waals surface area contributed by atoms with E-state index in [1.54, 1.807) is 5.01 Å². The number of hydrogen-bond acceptors (Lipinski definition) is 2. The molecular weight excluding hydrogens is 200 g/mol. The summed E-state index contributed by atoms with van der Waals surface area (Å²) in [7, 11) is 0. The van der Waals surface area contributed by atoms with Crippen LogP contribution in [0.3, 0.4) is 0 Å². The van der Waals surface area contributed by atoms with Gasteiger partial charge in [-0.15, -0.1) is 0 Å². The highest BCUT2D eigenvalue weighted by Crippen LogP contribution is 2.05. The smallest absolute Gasteiger partial charge is 0.260 e. The van der Waals surface area contributed by atoms with Gasteiger partial charge >= 0.3 is 0 Å². The molecule has 0 spiro atoms. The molecule has 0 saturated heterocycles. The normalized spacial score (nSPS) is 10.5. The maximum Gasteiger partial charge on any atom is 0.260 e. The van der Waals surface area contributed by atoms with Crippen molar-refractivity contribution in [2.24, 2.45) is 0 Å². The van der Waals surface area contributed by atoms with Gasteiger partial charge in [-0.25, -0.2) is 5.01 Å². The first-order valence-electron chi connectivity index (χ1n) is 6.39. The lowest BCUT2D eigenvalue weighted by atomic mass is 10.3. The second-order valence-electron chi connectivity index (χ2n) is 3.92. The Bertz CT molecular complexity index is 196. The van der Waals surface area contributed by atoms with Crippen molar-refractivity contribution in [3.8, 4) is 0 Å². The van der Waals surface area contributed by atoms with E-state index in [0.717, 1.165) is 45.3 Å². The van der Waals surface area contributed by atoms with E-state index in [9.17, 15) is 4.79 Å². The summed E-state index contributed by atoms with van der Waals surface area (Å²) < 4.78 is 0. The van der Waals surface area contributed by atoms with Gasteiger partial charge < -0.3 is 0 Å². The Morgan fingerprint density at radius 3 is 1.94 bits per heavy atom. The fraction of sp³-hybridized carbons (Fsp3) is 0.769. The molecule has 0 unspecified atom stereocenters. The summed E-state index contributed by atoms with van der Waals surface area (Å²) in [6, 6.07) is 0. The second kappa shape index (κ2) is 9.40. The first-order valence-corrected chi connectivity index (χ1v) is 6.39. The van der Waals surface area contributed by atoms with Gasteiger partial charge in [-0.05, 0) is 25.8 Å². The third-order valence-electron chi connectivity index (χ3n) is 2.61. The molecule has 3 nitrogen and oxygen atoms in total. The van der Waals surface area contributed by atoms with Crippen molar-refractivity contribution in [3.63, 3.8) is 0 Å². The minimum absolute atomic E-state index is 0.00899. The summed E-state index contributed by atoms with van der Waals surface area (Å²) in [4.78, 5) is 11.7. The molecule has 0 aromatic heterocycles. The maximum atomic E-state index is 11.7. The Labute approximate surface area is 100 Å². The lowest BCUT2D eigenvalue weighted by Gasteiger charge is -2.33. The Hall–Kier alpha value is -0.830. The van der Waals surface area contributed by atoms with Gasteiger partial charge in [0.25, 0.3) is 5.91 Å². The topological polar surface area (TPSA) is 23.6 Å². The van der Waals surface area contributed by atoms with Crippen LogP contribution < -0.4 is 0 Å². The predicted octanol–water partition coefficient (Wildman–Crippen LogP) is 2.84. The van der Waals surface area contributed by atoms with Gasteiger partial charge in [-0.1, -0.05) is 33.3 Å². The minimum atomic E-state index is 0.00899. The number of amides is 1. The summed E-state index contributed by atoms with van der Waals surface area (Å²) in [6.45, 7) is 12.5. The van der Waals surface area contributed by atoms with Gasteiger partial charge in [0.15, 0.2) is 0 Å². The number of hydrogen-bond donors (Lipinski definition) is 0. The van der Waals surface area contributed by atoms with Gasteiger partial charge in [-0.2, -0.15) is 0 Å². The Balaban J connectivity index is 4.40. The fourth-order valence-corrected chi connectivity index (χ4v) is 1.64. The third-order valence-corrected chi connectivity index (χ3v) is 2.61. The van der Waals surface area contributed by atoms with Crippen molar-refractivity contribution in [3.05, 3.63) is 12.7 Å². The molecule has 0 aliphatic carbocycles. The summed E-state index contributed by atoms with van der Waals surface area (Å²) in [6.07, 6.45) is 5.97. The average molecular weight is 226 g/mol. The molecule has 0 fully saturated rings. The minimum Gasteiger partial charge on any atom is -0.272 e. The summed E-state index contributed by atoms with van der Waals surface area (Å²) >= 11 is 0. The van der Waals surface area contributed by atoms with Crippen molar-refractivity contribution in [2.75, 3.05) is 19.6 Å². The molecule has 0 aliphatic heterocycles. The number of carbonyl (C=O) groups is 1. The van der Waals surface area contributed by atoms with E-state index in [1.165, 1.54) is 6.08 Å². The van der Waals surface area contributed by atoms with Gasteiger partial charge in [-0.3, -0.25) is 9.80 Å². The largest absolute Gasteiger partial charge is 0.272 e. The highest BCUT2D eigenvalue weighted by atomic mass is 16.2. The lowest BCUT2D eigenvalue weighted by Crippen LogP contribution is -2.46. The van der Waals surface area contributed by atoms with Crippen LogP contribution in [-0.2, 0) is 4.79 Å². The van der Waals surface area contributed by atoms with Crippen LogP contribution in [0.5, 0.6) is 0 Å². The number of likely N-dealkylation sites (N-methyl/N-ethyl adjacent to an activating group) is 1. The molecule has 0 atom stereocenters. The van der Waals surface area contributed by atoms with E-state index in [0.29, 0.717) is 0 Å². The Morgan fingerprint density at radius 1 is 1.12 bits per heavy atom. The molecule has 16 heavy (non-hydrogen) atoms. The molecule has 0 aromatic rings. The average Bonchev–Trinajstić information content (AvgIpc) is 2.32. The van der Waals surface area contributed by atoms with E-state index in [1.807, 2.05) is 6.92 Å². The fourth-order valence-electron chi connectivity index (χ4n) is 1.64. The zero-order valence-electron chi connectivity index (χ0n) is 11.0. The van der Waals surface area contributed by atoms with Crippen molar-refractivity contribution in [1.82, 2.24) is 10.0 Å². The first-order chi connectivity index (χ1) is 7.71. The highest BCUT2D eigenvalue weighted by molar-refractivity contribution is 5.86. The highest BCUT2D eigenvalue weighted by Gasteiger charge is 2.16. The molecule has 0 rings (SSSR count). The molecule has 3 heteroatoms. The van der Waals surface area contributed by atoms with Gasteiger partial charge in [0, 0.05) is 19.6 Å².